The van der Waals surface area contributed by atoms with E-state index in [1.54, 1.807) is 38.3 Å². The van der Waals surface area contributed by atoms with Crippen molar-refractivity contribution in [2.45, 2.75) is 19.9 Å². The molecule has 1 heterocycles. The van der Waals surface area contributed by atoms with Gasteiger partial charge in [0.2, 0.25) is 0 Å². The molecule has 0 atom stereocenters. The van der Waals surface area contributed by atoms with E-state index in [2.05, 4.69) is 4.99 Å². The molecule has 3 aromatic rings. The molecule has 0 aliphatic carbocycles. The Bertz CT molecular complexity index is 1100. The first-order chi connectivity index (χ1) is 14.1. The van der Waals surface area contributed by atoms with Crippen LogP contribution in [0, 0.1) is 0 Å². The number of ether oxygens (including phenoxy) is 3. The highest BCUT2D eigenvalue weighted by Crippen LogP contribution is 2.24. The Morgan fingerprint density at radius 3 is 2.62 bits per heavy atom. The van der Waals surface area contributed by atoms with E-state index in [9.17, 15) is 9.59 Å². The van der Waals surface area contributed by atoms with E-state index in [0.717, 1.165) is 10.2 Å². The highest BCUT2D eigenvalue weighted by Gasteiger charge is 2.14. The number of carbonyl (C=O) groups excluding carboxylic acids is 2. The van der Waals surface area contributed by atoms with Crippen LogP contribution in [-0.4, -0.2) is 37.3 Å². The molecule has 0 saturated carbocycles. The van der Waals surface area contributed by atoms with Crippen molar-refractivity contribution >= 4 is 33.4 Å². The topological polar surface area (TPSA) is 79.1 Å². The Morgan fingerprint density at radius 2 is 1.90 bits per heavy atom. The number of thiazole rings is 1. The largest absolute Gasteiger partial charge is 0.497 e. The summed E-state index contributed by atoms with van der Waals surface area (Å²) >= 11 is 1.37. The lowest BCUT2D eigenvalue weighted by Crippen LogP contribution is -2.19. The Kier molecular flexibility index (Phi) is 6.66. The first kappa shape index (κ1) is 20.6. The summed E-state index contributed by atoms with van der Waals surface area (Å²) in [7, 11) is 3.10. The molecule has 0 saturated heterocycles. The van der Waals surface area contributed by atoms with Crippen molar-refractivity contribution in [2.75, 3.05) is 20.8 Å². The van der Waals surface area contributed by atoms with Gasteiger partial charge in [-0.15, -0.1) is 0 Å². The second-order valence-corrected chi connectivity index (χ2v) is 7.05. The van der Waals surface area contributed by atoms with Gasteiger partial charge < -0.3 is 18.8 Å². The number of carbonyl (C=O) groups is 2. The summed E-state index contributed by atoms with van der Waals surface area (Å²) < 4.78 is 18.4. The van der Waals surface area contributed by atoms with Gasteiger partial charge in [0.15, 0.2) is 4.80 Å². The number of nitrogens with zero attached hydrogens (tertiary/aromatic N) is 2. The highest BCUT2D eigenvalue weighted by molar-refractivity contribution is 7.16. The van der Waals surface area contributed by atoms with Gasteiger partial charge in [0.25, 0.3) is 5.91 Å². The summed E-state index contributed by atoms with van der Waals surface area (Å²) in [5.74, 6) is 0.431. The van der Waals surface area contributed by atoms with Gasteiger partial charge in [0.05, 0.1) is 43.0 Å². The van der Waals surface area contributed by atoms with E-state index in [4.69, 9.17) is 14.2 Å². The molecule has 0 radical (unpaired) electrons. The molecule has 0 aliphatic rings. The molecule has 0 unspecified atom stereocenters. The van der Waals surface area contributed by atoms with Crippen LogP contribution in [0.3, 0.4) is 0 Å². The Hall–Kier alpha value is -3.13. The first-order valence-electron chi connectivity index (χ1n) is 9.12. The quantitative estimate of drug-likeness (QED) is 0.554. The fourth-order valence-corrected chi connectivity index (χ4v) is 3.92. The third-order valence-corrected chi connectivity index (χ3v) is 5.33. The Morgan fingerprint density at radius 1 is 1.10 bits per heavy atom. The molecule has 0 fully saturated rings. The summed E-state index contributed by atoms with van der Waals surface area (Å²) in [6, 6.07) is 12.6. The lowest BCUT2D eigenvalue weighted by molar-refractivity contribution is -0.143. The van der Waals surface area contributed by atoms with Crippen LogP contribution in [0.1, 0.15) is 23.7 Å². The summed E-state index contributed by atoms with van der Waals surface area (Å²) in [5.41, 5.74) is 1.22. The number of benzene rings is 2. The molecule has 1 amide bonds. The van der Waals surface area contributed by atoms with Crippen LogP contribution in [0.5, 0.6) is 11.5 Å². The lowest BCUT2D eigenvalue weighted by Gasteiger charge is -2.07. The van der Waals surface area contributed by atoms with Crippen molar-refractivity contribution in [3.05, 3.63) is 52.8 Å². The van der Waals surface area contributed by atoms with E-state index in [0.29, 0.717) is 35.0 Å². The van der Waals surface area contributed by atoms with E-state index in [-0.39, 0.29) is 12.4 Å². The SMILES string of the molecule is CCOC(=O)CCn1c(=NC(=O)c2ccccc2OC)sc2ccc(OC)cc21. The monoisotopic (exact) mass is 414 g/mol. The van der Waals surface area contributed by atoms with Crippen LogP contribution >= 0.6 is 11.3 Å². The van der Waals surface area contributed by atoms with Gasteiger partial charge in [0.1, 0.15) is 11.5 Å². The first-order valence-corrected chi connectivity index (χ1v) is 9.94. The molecular weight excluding hydrogens is 392 g/mol. The molecule has 1 aromatic heterocycles. The molecule has 0 N–H and O–H groups in total. The van der Waals surface area contributed by atoms with Gasteiger partial charge >= 0.3 is 5.97 Å². The van der Waals surface area contributed by atoms with E-state index in [1.807, 2.05) is 22.8 Å². The highest BCUT2D eigenvalue weighted by atomic mass is 32.1. The van der Waals surface area contributed by atoms with Crippen LogP contribution in [-0.2, 0) is 16.1 Å². The van der Waals surface area contributed by atoms with Gasteiger partial charge in [-0.3, -0.25) is 9.59 Å². The zero-order valence-corrected chi connectivity index (χ0v) is 17.3. The number of methoxy groups -OCH3 is 2. The molecule has 0 aliphatic heterocycles. The van der Waals surface area contributed by atoms with E-state index < -0.39 is 5.91 Å². The number of aryl methyl sites for hydroxylation is 1. The maximum atomic E-state index is 12.8. The van der Waals surface area contributed by atoms with Crippen molar-refractivity contribution in [1.82, 2.24) is 4.57 Å². The smallest absolute Gasteiger partial charge is 0.307 e. The van der Waals surface area contributed by atoms with Crippen molar-refractivity contribution in [2.24, 2.45) is 4.99 Å². The van der Waals surface area contributed by atoms with Crippen molar-refractivity contribution in [1.29, 1.82) is 0 Å². The van der Waals surface area contributed by atoms with Gasteiger partial charge in [-0.25, -0.2) is 0 Å². The third-order valence-electron chi connectivity index (χ3n) is 4.27. The maximum absolute atomic E-state index is 12.8. The molecule has 2 aromatic carbocycles. The van der Waals surface area contributed by atoms with Crippen molar-refractivity contribution in [3.8, 4) is 11.5 Å². The van der Waals surface area contributed by atoms with E-state index in [1.165, 1.54) is 18.4 Å². The van der Waals surface area contributed by atoms with Gasteiger partial charge in [-0.2, -0.15) is 4.99 Å². The number of para-hydroxylation sites is 1. The fourth-order valence-electron chi connectivity index (χ4n) is 2.88. The Labute approximate surface area is 172 Å². The molecule has 3 rings (SSSR count). The molecule has 29 heavy (non-hydrogen) atoms. The second-order valence-electron chi connectivity index (χ2n) is 6.04. The minimum absolute atomic E-state index is 0.174. The lowest BCUT2D eigenvalue weighted by atomic mass is 10.2. The summed E-state index contributed by atoms with van der Waals surface area (Å²) in [5, 5.41) is 0. The number of hydrogen-bond acceptors (Lipinski definition) is 6. The minimum Gasteiger partial charge on any atom is -0.497 e. The third kappa shape index (κ3) is 4.65. The zero-order valence-electron chi connectivity index (χ0n) is 16.5. The predicted molar refractivity (Wildman–Crippen MR) is 111 cm³/mol. The average Bonchev–Trinajstić information content (AvgIpc) is 3.08. The summed E-state index contributed by atoms with van der Waals surface area (Å²) in [4.78, 5) is 29.5. The molecular formula is C21H22N2O5S. The zero-order chi connectivity index (χ0) is 20.8. The molecule has 0 bridgehead atoms. The number of amides is 1. The number of aromatic nitrogens is 1. The Balaban J connectivity index is 2.07. The maximum Gasteiger partial charge on any atom is 0.307 e. The number of fused-ring (bicyclic) bond motifs is 1. The van der Waals surface area contributed by atoms with Gasteiger partial charge in [0, 0.05) is 12.6 Å². The second kappa shape index (κ2) is 9.38. The van der Waals surface area contributed by atoms with Gasteiger partial charge in [-0.05, 0) is 31.2 Å². The molecule has 8 heteroatoms. The average molecular weight is 414 g/mol. The number of rotatable bonds is 7. The predicted octanol–water partition coefficient (Wildman–Crippen LogP) is 3.41. The van der Waals surface area contributed by atoms with Crippen LogP contribution < -0.4 is 14.3 Å². The van der Waals surface area contributed by atoms with Crippen LogP contribution in [0.25, 0.3) is 10.2 Å². The van der Waals surface area contributed by atoms with Crippen LogP contribution in [0.2, 0.25) is 0 Å². The normalized spacial score (nSPS) is 11.5. The minimum atomic E-state index is -0.411. The number of esters is 1. The summed E-state index contributed by atoms with van der Waals surface area (Å²) in [6.07, 6.45) is 0.174. The number of hydrogen-bond donors (Lipinski definition) is 0. The van der Waals surface area contributed by atoms with Crippen LogP contribution in [0.15, 0.2) is 47.5 Å². The summed E-state index contributed by atoms with van der Waals surface area (Å²) in [6.45, 7) is 2.43. The molecule has 7 nitrogen and oxygen atoms in total. The van der Waals surface area contributed by atoms with E-state index >= 15 is 0 Å². The van der Waals surface area contributed by atoms with Crippen molar-refractivity contribution in [3.63, 3.8) is 0 Å². The fraction of sp³-hybridized carbons (Fsp3) is 0.286. The molecule has 152 valence electrons. The van der Waals surface area contributed by atoms with Crippen LogP contribution in [0.4, 0.5) is 0 Å². The van der Waals surface area contributed by atoms with Gasteiger partial charge in [-0.1, -0.05) is 23.5 Å². The molecule has 0 spiro atoms. The van der Waals surface area contributed by atoms with Crippen molar-refractivity contribution < 1.29 is 23.8 Å². The standard InChI is InChI=1S/C21H22N2O5S/c1-4-28-19(24)11-12-23-16-13-14(26-2)9-10-18(16)29-21(23)22-20(25)15-7-5-6-8-17(15)27-3/h5-10,13H,4,11-12H2,1-3H3.